The maximum absolute atomic E-state index is 13.0. The molecule has 10 nitrogen and oxygen atoms in total. The number of pyridine rings is 1. The molecule has 4 amide bonds. The Morgan fingerprint density at radius 1 is 1.15 bits per heavy atom. The van der Waals surface area contributed by atoms with E-state index in [2.05, 4.69) is 15.3 Å². The van der Waals surface area contributed by atoms with Crippen LogP contribution in [0.3, 0.4) is 0 Å². The van der Waals surface area contributed by atoms with E-state index in [-0.39, 0.29) is 43.3 Å². The van der Waals surface area contributed by atoms with Crippen LogP contribution in [0, 0.1) is 0 Å². The van der Waals surface area contributed by atoms with Gasteiger partial charge in [0.1, 0.15) is 17.5 Å². The van der Waals surface area contributed by atoms with Gasteiger partial charge < -0.3 is 15.1 Å². The quantitative estimate of drug-likeness (QED) is 0.560. The van der Waals surface area contributed by atoms with Crippen LogP contribution in [0.4, 0.5) is 0 Å². The Balaban J connectivity index is 1.42. The molecule has 1 atom stereocenters. The van der Waals surface area contributed by atoms with Crippen LogP contribution in [0.25, 0.3) is 11.5 Å². The highest BCUT2D eigenvalue weighted by atomic mass is 16.4. The van der Waals surface area contributed by atoms with Gasteiger partial charge in [-0.2, -0.15) is 0 Å². The number of amides is 4. The van der Waals surface area contributed by atoms with Crippen molar-refractivity contribution in [2.45, 2.75) is 31.8 Å². The molecule has 5 rings (SSSR count). The Bertz CT molecular complexity index is 1310. The van der Waals surface area contributed by atoms with Crippen LogP contribution in [0.5, 0.6) is 0 Å². The summed E-state index contributed by atoms with van der Waals surface area (Å²) in [5.41, 5.74) is 8.01. The van der Waals surface area contributed by atoms with E-state index in [0.29, 0.717) is 33.9 Å². The van der Waals surface area contributed by atoms with E-state index in [1.165, 1.54) is 11.1 Å². The highest BCUT2D eigenvalue weighted by Crippen LogP contribution is 2.34. The summed E-state index contributed by atoms with van der Waals surface area (Å²) < 4.78 is 5.94. The fraction of sp³-hybridized carbons (Fsp3) is 0.217. The number of oxazole rings is 1. The summed E-state index contributed by atoms with van der Waals surface area (Å²) in [7, 11) is 0. The van der Waals surface area contributed by atoms with E-state index in [0.717, 1.165) is 0 Å². The zero-order valence-electron chi connectivity index (χ0n) is 17.4. The van der Waals surface area contributed by atoms with Crippen molar-refractivity contribution in [3.63, 3.8) is 0 Å². The van der Waals surface area contributed by atoms with Crippen molar-refractivity contribution in [1.82, 2.24) is 20.2 Å². The molecule has 0 bridgehead atoms. The van der Waals surface area contributed by atoms with Crippen LogP contribution >= 0.6 is 0 Å². The SMILES string of the molecule is NC(=O)c1ncccc1Cc1cnc(-c2cccc3c2CN(C2CCC(=O)NC2=O)C3=O)o1. The fourth-order valence-electron chi connectivity index (χ4n) is 4.29. The minimum Gasteiger partial charge on any atom is -0.441 e. The average Bonchev–Trinajstić information content (AvgIpc) is 3.39. The van der Waals surface area contributed by atoms with Gasteiger partial charge in [-0.05, 0) is 35.7 Å². The number of fused-ring (bicyclic) bond motifs is 1. The van der Waals surface area contributed by atoms with Crippen LogP contribution in [0.2, 0.25) is 0 Å². The molecular formula is C23H19N5O5. The number of nitrogens with zero attached hydrogens (tertiary/aromatic N) is 3. The standard InChI is InChI=1S/C23H19N5O5/c24-20(30)19-12(3-2-8-25-19)9-13-10-26-22(33-13)14-4-1-5-15-16(14)11-28(23(15)32)17-6-7-18(29)27-21(17)31/h1-5,8,10,17H,6-7,9,11H2,(H2,24,30)(H,27,29,31). The molecule has 33 heavy (non-hydrogen) atoms. The normalized spacial score (nSPS) is 17.8. The molecule has 0 radical (unpaired) electrons. The van der Waals surface area contributed by atoms with E-state index in [1.54, 1.807) is 36.5 Å². The number of carbonyl (C=O) groups is 4. The molecule has 166 valence electrons. The lowest BCUT2D eigenvalue weighted by Gasteiger charge is -2.29. The predicted octanol–water partition coefficient (Wildman–Crippen LogP) is 1.19. The number of carbonyl (C=O) groups excluding carboxylic acids is 4. The molecule has 1 fully saturated rings. The number of rotatable bonds is 5. The second-order valence-corrected chi connectivity index (χ2v) is 7.92. The van der Waals surface area contributed by atoms with Crippen LogP contribution < -0.4 is 11.1 Å². The lowest BCUT2D eigenvalue weighted by molar-refractivity contribution is -0.136. The van der Waals surface area contributed by atoms with E-state index >= 15 is 0 Å². The van der Waals surface area contributed by atoms with Crippen LogP contribution in [-0.4, -0.2) is 44.5 Å². The summed E-state index contributed by atoms with van der Waals surface area (Å²) in [4.78, 5) is 58.3. The first-order valence-electron chi connectivity index (χ1n) is 10.4. The maximum Gasteiger partial charge on any atom is 0.267 e. The Morgan fingerprint density at radius 2 is 1.97 bits per heavy atom. The highest BCUT2D eigenvalue weighted by molar-refractivity contribution is 6.06. The molecule has 0 spiro atoms. The topological polar surface area (TPSA) is 148 Å². The van der Waals surface area contributed by atoms with Gasteiger partial charge in [0.2, 0.25) is 17.7 Å². The Labute approximate surface area is 187 Å². The Hall–Kier alpha value is -4.34. The summed E-state index contributed by atoms with van der Waals surface area (Å²) >= 11 is 0. The molecule has 10 heteroatoms. The van der Waals surface area contributed by atoms with Gasteiger partial charge in [0.15, 0.2) is 0 Å². The molecule has 2 aliphatic rings. The molecule has 0 saturated carbocycles. The summed E-state index contributed by atoms with van der Waals surface area (Å²) in [6.07, 6.45) is 3.80. The summed E-state index contributed by atoms with van der Waals surface area (Å²) in [6.45, 7) is 0.211. The first-order valence-corrected chi connectivity index (χ1v) is 10.4. The lowest BCUT2D eigenvalue weighted by Crippen LogP contribution is -2.52. The second kappa shape index (κ2) is 7.97. The smallest absolute Gasteiger partial charge is 0.267 e. The predicted molar refractivity (Wildman–Crippen MR) is 114 cm³/mol. The van der Waals surface area contributed by atoms with Crippen LogP contribution in [0.1, 0.15) is 50.6 Å². The summed E-state index contributed by atoms with van der Waals surface area (Å²) in [5, 5.41) is 2.30. The number of imide groups is 1. The number of hydrogen-bond acceptors (Lipinski definition) is 7. The average molecular weight is 445 g/mol. The summed E-state index contributed by atoms with van der Waals surface area (Å²) in [5.74, 6) is -0.864. The third-order valence-corrected chi connectivity index (χ3v) is 5.86. The number of nitrogens with two attached hydrogens (primary N) is 1. The Kier molecular flexibility index (Phi) is 4.97. The zero-order chi connectivity index (χ0) is 23.1. The molecule has 3 N–H and O–H groups in total. The largest absolute Gasteiger partial charge is 0.441 e. The lowest BCUT2D eigenvalue weighted by atomic mass is 10.0. The van der Waals surface area contributed by atoms with Gasteiger partial charge >= 0.3 is 0 Å². The van der Waals surface area contributed by atoms with Gasteiger partial charge in [-0.25, -0.2) is 4.98 Å². The number of primary amides is 1. The van der Waals surface area contributed by atoms with Gasteiger partial charge in [0, 0.05) is 36.7 Å². The van der Waals surface area contributed by atoms with Crippen LogP contribution in [0.15, 0.2) is 47.1 Å². The number of hydrogen-bond donors (Lipinski definition) is 2. The van der Waals surface area contributed by atoms with E-state index in [9.17, 15) is 19.2 Å². The monoisotopic (exact) mass is 445 g/mol. The second-order valence-electron chi connectivity index (χ2n) is 7.92. The first kappa shape index (κ1) is 20.6. The number of nitrogens with one attached hydrogen (secondary N) is 1. The molecular weight excluding hydrogens is 426 g/mol. The van der Waals surface area contributed by atoms with Crippen molar-refractivity contribution >= 4 is 23.6 Å². The number of piperidine rings is 1. The maximum atomic E-state index is 13.0. The van der Waals surface area contributed by atoms with Crippen LogP contribution in [-0.2, 0) is 22.6 Å². The molecule has 1 aromatic carbocycles. The van der Waals surface area contributed by atoms with Crippen molar-refractivity contribution < 1.29 is 23.6 Å². The zero-order valence-corrected chi connectivity index (χ0v) is 17.4. The minimum absolute atomic E-state index is 0.168. The van der Waals surface area contributed by atoms with Crippen molar-refractivity contribution in [2.75, 3.05) is 0 Å². The van der Waals surface area contributed by atoms with Crippen molar-refractivity contribution in [1.29, 1.82) is 0 Å². The Morgan fingerprint density at radius 3 is 2.76 bits per heavy atom. The van der Waals surface area contributed by atoms with Crippen molar-refractivity contribution in [3.8, 4) is 11.5 Å². The number of aromatic nitrogens is 2. The fourth-order valence-corrected chi connectivity index (χ4v) is 4.29. The summed E-state index contributed by atoms with van der Waals surface area (Å²) in [6, 6.07) is 7.98. The van der Waals surface area contributed by atoms with Crippen molar-refractivity contribution in [2.24, 2.45) is 5.73 Å². The molecule has 2 aromatic heterocycles. The van der Waals surface area contributed by atoms with Gasteiger partial charge in [0.25, 0.3) is 11.8 Å². The van der Waals surface area contributed by atoms with Gasteiger partial charge in [-0.3, -0.25) is 29.5 Å². The van der Waals surface area contributed by atoms with E-state index < -0.39 is 17.9 Å². The first-order chi connectivity index (χ1) is 15.9. The molecule has 1 unspecified atom stereocenters. The van der Waals surface area contributed by atoms with Crippen molar-refractivity contribution in [3.05, 3.63) is 70.9 Å². The van der Waals surface area contributed by atoms with Gasteiger partial charge in [-0.15, -0.1) is 0 Å². The third kappa shape index (κ3) is 3.65. The molecule has 1 saturated heterocycles. The third-order valence-electron chi connectivity index (χ3n) is 5.86. The highest BCUT2D eigenvalue weighted by Gasteiger charge is 2.40. The van der Waals surface area contributed by atoms with Gasteiger partial charge in [0.05, 0.1) is 6.20 Å². The minimum atomic E-state index is -0.701. The molecule has 3 aromatic rings. The molecule has 2 aliphatic heterocycles. The molecule has 0 aliphatic carbocycles. The van der Waals surface area contributed by atoms with E-state index in [1.807, 2.05) is 0 Å². The number of benzene rings is 1. The van der Waals surface area contributed by atoms with E-state index in [4.69, 9.17) is 10.2 Å². The van der Waals surface area contributed by atoms with Gasteiger partial charge in [-0.1, -0.05) is 12.1 Å². The molecule has 4 heterocycles.